The summed E-state index contributed by atoms with van der Waals surface area (Å²) in [7, 11) is 0. The van der Waals surface area contributed by atoms with Gasteiger partial charge in [0.2, 0.25) is 0 Å². The van der Waals surface area contributed by atoms with Gasteiger partial charge in [-0.05, 0) is 19.8 Å². The molecule has 0 heterocycles. The van der Waals surface area contributed by atoms with Crippen molar-refractivity contribution in [1.29, 1.82) is 0 Å². The summed E-state index contributed by atoms with van der Waals surface area (Å²) in [4.78, 5) is 0. The fourth-order valence-corrected chi connectivity index (χ4v) is 0.387. The normalized spacial score (nSPS) is 18.9. The average molecular weight is 122 g/mol. The van der Waals surface area contributed by atoms with Gasteiger partial charge >= 0.3 is 0 Å². The number of rotatable bonds is 2. The van der Waals surface area contributed by atoms with E-state index in [1.807, 2.05) is 0 Å². The topological polar surface area (TPSA) is 20.2 Å². The van der Waals surface area contributed by atoms with Crippen LogP contribution in [-0.4, -0.2) is 17.1 Å². The van der Waals surface area contributed by atoms with Gasteiger partial charge < -0.3 is 5.11 Å². The van der Waals surface area contributed by atoms with Crippen LogP contribution in [0.2, 0.25) is 0 Å². The van der Waals surface area contributed by atoms with E-state index < -0.39 is 0 Å². The zero-order valence-corrected chi connectivity index (χ0v) is 5.15. The summed E-state index contributed by atoms with van der Waals surface area (Å²) < 4.78 is 0. The molecule has 0 rings (SSSR count). The molecule has 1 nitrogen and oxygen atoms in total. The molecule has 0 aliphatic rings. The Bertz CT molecular complexity index is 45.3. The summed E-state index contributed by atoms with van der Waals surface area (Å²) in [6.45, 7) is 5.25. The van der Waals surface area contributed by atoms with Crippen molar-refractivity contribution >= 4 is 11.6 Å². The lowest BCUT2D eigenvalue weighted by atomic mass is 10.1. The van der Waals surface area contributed by atoms with Crippen LogP contribution in [0.5, 0.6) is 0 Å². The van der Waals surface area contributed by atoms with Crippen molar-refractivity contribution in [3.8, 4) is 0 Å². The van der Waals surface area contributed by atoms with Crippen LogP contribution < -0.4 is 0 Å². The smallest absolute Gasteiger partial charge is 0.0551 e. The lowest BCUT2D eigenvalue weighted by Gasteiger charge is -2.08. The second-order valence-electron chi connectivity index (χ2n) is 1.65. The summed E-state index contributed by atoms with van der Waals surface area (Å²) in [6.07, 6.45) is -0.377. The van der Waals surface area contributed by atoms with E-state index in [0.29, 0.717) is 5.88 Å². The highest BCUT2D eigenvalue weighted by atomic mass is 35.5. The monoisotopic (exact) mass is 121 g/mol. The minimum atomic E-state index is -0.377. The van der Waals surface area contributed by atoms with E-state index >= 15 is 0 Å². The van der Waals surface area contributed by atoms with E-state index in [4.69, 9.17) is 16.7 Å². The van der Waals surface area contributed by atoms with Gasteiger partial charge in [-0.3, -0.25) is 0 Å². The van der Waals surface area contributed by atoms with Crippen molar-refractivity contribution < 1.29 is 5.11 Å². The van der Waals surface area contributed by atoms with E-state index in [0.717, 1.165) is 0 Å². The molecule has 0 amide bonds. The van der Waals surface area contributed by atoms with Crippen molar-refractivity contribution in [2.45, 2.75) is 13.0 Å². The molecule has 0 aromatic heterocycles. The van der Waals surface area contributed by atoms with Gasteiger partial charge in [-0.1, -0.05) is 0 Å². The van der Waals surface area contributed by atoms with Crippen molar-refractivity contribution in [2.24, 2.45) is 5.92 Å². The van der Waals surface area contributed by atoms with Crippen molar-refractivity contribution in [3.05, 3.63) is 6.92 Å². The molecular formula is C5H10ClO. The molecule has 43 valence electrons. The van der Waals surface area contributed by atoms with Crippen LogP contribution in [-0.2, 0) is 0 Å². The van der Waals surface area contributed by atoms with Crippen LogP contribution in [0.15, 0.2) is 0 Å². The minimum absolute atomic E-state index is 0.0262. The number of aliphatic hydroxyl groups is 1. The first-order valence-corrected chi connectivity index (χ1v) is 2.79. The minimum Gasteiger partial charge on any atom is -0.393 e. The number of hydrogen-bond acceptors (Lipinski definition) is 1. The fraction of sp³-hybridized carbons (Fsp3) is 0.800. The Morgan fingerprint density at radius 1 is 1.86 bits per heavy atom. The van der Waals surface area contributed by atoms with E-state index in [9.17, 15) is 0 Å². The molecule has 2 unspecified atom stereocenters. The van der Waals surface area contributed by atoms with Crippen LogP contribution in [0, 0.1) is 12.8 Å². The maximum Gasteiger partial charge on any atom is 0.0551 e. The molecule has 0 spiro atoms. The molecule has 2 atom stereocenters. The van der Waals surface area contributed by atoms with Crippen LogP contribution in [0.3, 0.4) is 0 Å². The van der Waals surface area contributed by atoms with Gasteiger partial charge in [0.15, 0.2) is 0 Å². The van der Waals surface area contributed by atoms with E-state index in [-0.39, 0.29) is 12.0 Å². The van der Waals surface area contributed by atoms with Crippen LogP contribution in [0.25, 0.3) is 0 Å². The third-order valence-corrected chi connectivity index (χ3v) is 1.28. The molecule has 0 aliphatic heterocycles. The Morgan fingerprint density at radius 3 is 2.29 bits per heavy atom. The van der Waals surface area contributed by atoms with Crippen LogP contribution in [0.4, 0.5) is 0 Å². The highest BCUT2D eigenvalue weighted by molar-refractivity contribution is 6.18. The van der Waals surface area contributed by atoms with Crippen molar-refractivity contribution in [1.82, 2.24) is 0 Å². The molecular weight excluding hydrogens is 112 g/mol. The molecule has 0 aromatic rings. The fourth-order valence-electron chi connectivity index (χ4n) is 0.129. The maximum absolute atomic E-state index is 8.67. The predicted octanol–water partition coefficient (Wildman–Crippen LogP) is 1.06. The second kappa shape index (κ2) is 3.28. The Labute approximate surface area is 49.3 Å². The number of halogens is 1. The van der Waals surface area contributed by atoms with E-state index in [1.165, 1.54) is 0 Å². The highest BCUT2D eigenvalue weighted by Crippen LogP contribution is 2.01. The standard InChI is InChI=1S/C5H10ClO/c1-4(3-6)5(2)7/h4-5,7H,1,3H2,2H3. The number of hydrogen-bond donors (Lipinski definition) is 1. The average Bonchev–Trinajstić information content (AvgIpc) is 1.65. The van der Waals surface area contributed by atoms with Gasteiger partial charge in [0.1, 0.15) is 0 Å². The lowest BCUT2D eigenvalue weighted by molar-refractivity contribution is 0.157. The third kappa shape index (κ3) is 2.89. The summed E-state index contributed by atoms with van der Waals surface area (Å²) >= 11 is 5.32. The summed E-state index contributed by atoms with van der Waals surface area (Å²) in [5.74, 6) is 0.402. The Morgan fingerprint density at radius 2 is 2.29 bits per heavy atom. The second-order valence-corrected chi connectivity index (χ2v) is 1.96. The number of alkyl halides is 1. The molecule has 0 saturated carbocycles. The Hall–Kier alpha value is 0.250. The first kappa shape index (κ1) is 7.25. The van der Waals surface area contributed by atoms with Gasteiger partial charge in [0, 0.05) is 5.88 Å². The van der Waals surface area contributed by atoms with Crippen molar-refractivity contribution in [2.75, 3.05) is 5.88 Å². The highest BCUT2D eigenvalue weighted by Gasteiger charge is 2.04. The van der Waals surface area contributed by atoms with Gasteiger partial charge in [0.05, 0.1) is 6.10 Å². The molecule has 0 aliphatic carbocycles. The molecule has 1 radical (unpaired) electrons. The van der Waals surface area contributed by atoms with Gasteiger partial charge in [-0.15, -0.1) is 11.6 Å². The largest absolute Gasteiger partial charge is 0.393 e. The molecule has 0 saturated heterocycles. The zero-order valence-electron chi connectivity index (χ0n) is 4.39. The summed E-state index contributed by atoms with van der Waals surface area (Å²) in [5, 5.41) is 8.67. The van der Waals surface area contributed by atoms with Crippen LogP contribution in [0.1, 0.15) is 6.92 Å². The SMILES string of the molecule is [CH2]C(CCl)C(C)O. The maximum atomic E-state index is 8.67. The van der Waals surface area contributed by atoms with E-state index in [1.54, 1.807) is 6.92 Å². The first-order valence-electron chi connectivity index (χ1n) is 2.25. The molecule has 2 heteroatoms. The van der Waals surface area contributed by atoms with Crippen molar-refractivity contribution in [3.63, 3.8) is 0 Å². The molecule has 0 bridgehead atoms. The molecule has 7 heavy (non-hydrogen) atoms. The molecule has 1 N–H and O–H groups in total. The lowest BCUT2D eigenvalue weighted by Crippen LogP contribution is -2.14. The summed E-state index contributed by atoms with van der Waals surface area (Å²) in [5.41, 5.74) is 0. The Balaban J connectivity index is 3.14. The third-order valence-electron chi connectivity index (χ3n) is 0.880. The molecule has 0 fully saturated rings. The van der Waals surface area contributed by atoms with Gasteiger partial charge in [-0.25, -0.2) is 0 Å². The summed E-state index contributed by atoms with van der Waals surface area (Å²) in [6, 6.07) is 0. The van der Waals surface area contributed by atoms with Gasteiger partial charge in [-0.2, -0.15) is 0 Å². The van der Waals surface area contributed by atoms with E-state index in [2.05, 4.69) is 6.92 Å². The van der Waals surface area contributed by atoms with Crippen LogP contribution >= 0.6 is 11.6 Å². The van der Waals surface area contributed by atoms with Gasteiger partial charge in [0.25, 0.3) is 0 Å². The first-order chi connectivity index (χ1) is 3.18. The zero-order chi connectivity index (χ0) is 5.86. The number of aliphatic hydroxyl groups excluding tert-OH is 1. The molecule has 0 aromatic carbocycles. The quantitative estimate of drug-likeness (QED) is 0.542. The predicted molar refractivity (Wildman–Crippen MR) is 31.2 cm³/mol. The Kier molecular flexibility index (Phi) is 3.39.